The molecular formula is C17H12BrClN4O. The highest BCUT2D eigenvalue weighted by atomic mass is 79.9. The van der Waals surface area contributed by atoms with Crippen LogP contribution in [0.4, 0.5) is 0 Å². The van der Waals surface area contributed by atoms with Crippen LogP contribution in [0.2, 0.25) is 5.02 Å². The van der Waals surface area contributed by atoms with Gasteiger partial charge in [-0.2, -0.15) is 0 Å². The molecule has 0 aliphatic carbocycles. The fourth-order valence-corrected chi connectivity index (χ4v) is 3.13. The van der Waals surface area contributed by atoms with Gasteiger partial charge in [-0.15, -0.1) is 0 Å². The van der Waals surface area contributed by atoms with Crippen molar-refractivity contribution < 1.29 is 4.79 Å². The molecule has 0 saturated carbocycles. The van der Waals surface area contributed by atoms with Crippen molar-refractivity contribution in [1.82, 2.24) is 19.7 Å². The van der Waals surface area contributed by atoms with E-state index in [2.05, 4.69) is 31.2 Å². The third-order valence-corrected chi connectivity index (χ3v) is 4.43. The molecule has 1 amide bonds. The molecule has 0 radical (unpaired) electrons. The number of nitrogens with zero attached hydrogens (tertiary/aromatic N) is 2. The molecule has 4 aromatic rings. The van der Waals surface area contributed by atoms with E-state index < -0.39 is 0 Å². The predicted octanol–water partition coefficient (Wildman–Crippen LogP) is 4.16. The van der Waals surface area contributed by atoms with Crippen LogP contribution in [0.25, 0.3) is 16.6 Å². The van der Waals surface area contributed by atoms with E-state index in [0.717, 1.165) is 26.7 Å². The largest absolute Gasteiger partial charge is 0.351 e. The number of fused-ring (bicyclic) bond motifs is 2. The van der Waals surface area contributed by atoms with Gasteiger partial charge in [-0.3, -0.25) is 4.79 Å². The van der Waals surface area contributed by atoms with Gasteiger partial charge >= 0.3 is 0 Å². The second-order valence-corrected chi connectivity index (χ2v) is 6.79. The molecule has 2 N–H and O–H groups in total. The van der Waals surface area contributed by atoms with Crippen LogP contribution in [0.15, 0.2) is 53.3 Å². The standard InChI is InChI=1S/C17H12BrClN4O/c18-11-1-4-16-21-13(9-23(16)8-11)7-20-17(24)15-6-10-5-12(19)2-3-14(10)22-15/h1-6,8-9,22H,7H2,(H,20,24). The Kier molecular flexibility index (Phi) is 3.78. The average Bonchev–Trinajstić information content (AvgIpc) is 3.15. The molecule has 0 aliphatic heterocycles. The lowest BCUT2D eigenvalue weighted by Gasteiger charge is -2.00. The molecule has 7 heteroatoms. The number of hydrogen-bond donors (Lipinski definition) is 2. The van der Waals surface area contributed by atoms with Gasteiger partial charge in [0.1, 0.15) is 11.3 Å². The van der Waals surface area contributed by atoms with Crippen molar-refractivity contribution in [3.8, 4) is 0 Å². The van der Waals surface area contributed by atoms with Crippen LogP contribution in [0.5, 0.6) is 0 Å². The van der Waals surface area contributed by atoms with Crippen molar-refractivity contribution in [2.24, 2.45) is 0 Å². The van der Waals surface area contributed by atoms with E-state index >= 15 is 0 Å². The van der Waals surface area contributed by atoms with Crippen molar-refractivity contribution in [3.05, 3.63) is 69.7 Å². The first-order valence-corrected chi connectivity index (χ1v) is 8.45. The highest BCUT2D eigenvalue weighted by Crippen LogP contribution is 2.20. The Hall–Kier alpha value is -2.31. The minimum atomic E-state index is -0.180. The minimum Gasteiger partial charge on any atom is -0.351 e. The van der Waals surface area contributed by atoms with Crippen LogP contribution in [0.1, 0.15) is 16.2 Å². The first-order valence-electron chi connectivity index (χ1n) is 7.28. The van der Waals surface area contributed by atoms with E-state index in [9.17, 15) is 4.79 Å². The number of amides is 1. The molecule has 0 unspecified atom stereocenters. The third-order valence-electron chi connectivity index (χ3n) is 3.72. The summed E-state index contributed by atoms with van der Waals surface area (Å²) in [6, 6.07) is 11.1. The fraction of sp³-hybridized carbons (Fsp3) is 0.0588. The molecule has 0 spiro atoms. The second kappa shape index (κ2) is 5.96. The van der Waals surface area contributed by atoms with E-state index in [1.807, 2.05) is 41.1 Å². The molecular weight excluding hydrogens is 392 g/mol. The van der Waals surface area contributed by atoms with Crippen LogP contribution in [-0.2, 0) is 6.54 Å². The number of imidazole rings is 1. The van der Waals surface area contributed by atoms with Gasteiger partial charge in [0, 0.05) is 32.8 Å². The number of hydrogen-bond acceptors (Lipinski definition) is 2. The monoisotopic (exact) mass is 402 g/mol. The smallest absolute Gasteiger partial charge is 0.268 e. The zero-order valence-corrected chi connectivity index (χ0v) is 14.7. The van der Waals surface area contributed by atoms with Crippen molar-refractivity contribution >= 4 is 50.0 Å². The van der Waals surface area contributed by atoms with Gasteiger partial charge in [0.15, 0.2) is 0 Å². The zero-order chi connectivity index (χ0) is 16.7. The van der Waals surface area contributed by atoms with E-state index in [-0.39, 0.29) is 5.91 Å². The normalized spacial score (nSPS) is 11.2. The third kappa shape index (κ3) is 2.90. The van der Waals surface area contributed by atoms with Gasteiger partial charge in [-0.1, -0.05) is 11.6 Å². The van der Waals surface area contributed by atoms with Gasteiger partial charge in [-0.05, 0) is 52.3 Å². The van der Waals surface area contributed by atoms with Crippen LogP contribution in [0.3, 0.4) is 0 Å². The maximum Gasteiger partial charge on any atom is 0.268 e. The second-order valence-electron chi connectivity index (χ2n) is 5.44. The Morgan fingerprint density at radius 1 is 1.25 bits per heavy atom. The first-order chi connectivity index (χ1) is 11.6. The van der Waals surface area contributed by atoms with Crippen molar-refractivity contribution in [2.75, 3.05) is 0 Å². The maximum atomic E-state index is 12.3. The van der Waals surface area contributed by atoms with E-state index in [1.165, 1.54) is 0 Å². The predicted molar refractivity (Wildman–Crippen MR) is 97.4 cm³/mol. The number of carbonyl (C=O) groups is 1. The maximum absolute atomic E-state index is 12.3. The lowest BCUT2D eigenvalue weighted by Crippen LogP contribution is -2.23. The summed E-state index contributed by atoms with van der Waals surface area (Å²) in [7, 11) is 0. The van der Waals surface area contributed by atoms with Crippen LogP contribution in [0, 0.1) is 0 Å². The molecule has 0 fully saturated rings. The van der Waals surface area contributed by atoms with Crippen LogP contribution in [-0.4, -0.2) is 20.3 Å². The molecule has 24 heavy (non-hydrogen) atoms. The van der Waals surface area contributed by atoms with E-state index in [0.29, 0.717) is 17.3 Å². The highest BCUT2D eigenvalue weighted by Gasteiger charge is 2.10. The number of nitrogens with one attached hydrogen (secondary N) is 2. The Morgan fingerprint density at radius 2 is 2.12 bits per heavy atom. The number of pyridine rings is 1. The van der Waals surface area contributed by atoms with Gasteiger partial charge in [0.05, 0.1) is 12.2 Å². The lowest BCUT2D eigenvalue weighted by atomic mass is 10.2. The summed E-state index contributed by atoms with van der Waals surface area (Å²) in [5.74, 6) is -0.180. The summed E-state index contributed by atoms with van der Waals surface area (Å²) in [6.07, 6.45) is 3.82. The molecule has 0 atom stereocenters. The number of halogens is 2. The summed E-state index contributed by atoms with van der Waals surface area (Å²) < 4.78 is 2.89. The number of rotatable bonds is 3. The Morgan fingerprint density at radius 3 is 3.00 bits per heavy atom. The van der Waals surface area contributed by atoms with Crippen molar-refractivity contribution in [3.63, 3.8) is 0 Å². The summed E-state index contributed by atoms with van der Waals surface area (Å²) >= 11 is 9.39. The van der Waals surface area contributed by atoms with Crippen molar-refractivity contribution in [1.29, 1.82) is 0 Å². The summed E-state index contributed by atoms with van der Waals surface area (Å²) in [4.78, 5) is 19.9. The van der Waals surface area contributed by atoms with Gasteiger partial charge in [-0.25, -0.2) is 4.98 Å². The molecule has 120 valence electrons. The SMILES string of the molecule is O=C(NCc1cn2cc(Br)ccc2n1)c1cc2cc(Cl)ccc2[nH]1. The summed E-state index contributed by atoms with van der Waals surface area (Å²) in [5, 5.41) is 4.43. The van der Waals surface area contributed by atoms with Gasteiger partial charge < -0.3 is 14.7 Å². The number of aromatic nitrogens is 3. The minimum absolute atomic E-state index is 0.180. The molecule has 3 heterocycles. The summed E-state index contributed by atoms with van der Waals surface area (Å²) in [5.41, 5.74) is 3.00. The summed E-state index contributed by atoms with van der Waals surface area (Å²) in [6.45, 7) is 0.355. The quantitative estimate of drug-likeness (QED) is 0.539. The molecule has 0 aliphatic rings. The topological polar surface area (TPSA) is 62.2 Å². The average molecular weight is 404 g/mol. The van der Waals surface area contributed by atoms with Crippen LogP contribution >= 0.6 is 27.5 Å². The molecule has 0 bridgehead atoms. The number of benzene rings is 1. The van der Waals surface area contributed by atoms with Gasteiger partial charge in [0.25, 0.3) is 5.91 Å². The number of aromatic amines is 1. The van der Waals surface area contributed by atoms with E-state index in [1.54, 1.807) is 12.1 Å². The number of H-pyrrole nitrogens is 1. The fourth-order valence-electron chi connectivity index (χ4n) is 2.59. The van der Waals surface area contributed by atoms with E-state index in [4.69, 9.17) is 11.6 Å². The first kappa shape index (κ1) is 15.2. The van der Waals surface area contributed by atoms with Crippen molar-refractivity contribution in [2.45, 2.75) is 6.54 Å². The molecule has 4 rings (SSSR count). The Labute approximate surface area is 150 Å². The van der Waals surface area contributed by atoms with Gasteiger partial charge in [0.2, 0.25) is 0 Å². The Bertz CT molecular complexity index is 1070. The lowest BCUT2D eigenvalue weighted by molar-refractivity contribution is 0.0946. The highest BCUT2D eigenvalue weighted by molar-refractivity contribution is 9.10. The molecule has 1 aromatic carbocycles. The Balaban J connectivity index is 1.52. The number of carbonyl (C=O) groups excluding carboxylic acids is 1. The molecule has 5 nitrogen and oxygen atoms in total. The molecule has 0 saturated heterocycles. The zero-order valence-electron chi connectivity index (χ0n) is 12.4. The van der Waals surface area contributed by atoms with Crippen LogP contribution < -0.4 is 5.32 Å². The molecule has 3 aromatic heterocycles.